The Labute approximate surface area is 144 Å². The third kappa shape index (κ3) is 2.97. The molecule has 2 heterocycles. The maximum atomic E-state index is 12.8. The molecule has 0 aliphatic carbocycles. The number of likely N-dealkylation sites (N-methyl/N-ethyl adjacent to an activating group) is 1. The molecule has 6 heteroatoms. The Bertz CT molecular complexity index is 694. The van der Waals surface area contributed by atoms with Gasteiger partial charge < -0.3 is 4.90 Å². The minimum atomic E-state index is -3.15. The molecule has 1 aromatic rings. The number of carbonyl (C=O) groups excluding carboxylic acids is 1. The molecule has 2 fully saturated rings. The molecule has 1 aromatic carbocycles. The first-order chi connectivity index (χ1) is 11.4. The molecule has 2 aliphatic heterocycles. The molecule has 2 aliphatic rings. The fraction of sp³-hybridized carbons (Fsp3) is 0.611. The highest BCUT2D eigenvalue weighted by atomic mass is 32.2. The summed E-state index contributed by atoms with van der Waals surface area (Å²) < 4.78 is 26.1. The Morgan fingerprint density at radius 1 is 1.17 bits per heavy atom. The molecular weight excluding hydrogens is 324 g/mol. The van der Waals surface area contributed by atoms with Crippen molar-refractivity contribution in [3.63, 3.8) is 0 Å². The van der Waals surface area contributed by atoms with Crippen LogP contribution in [0.1, 0.15) is 44.1 Å². The number of benzene rings is 1. The topological polar surface area (TPSA) is 57.7 Å². The van der Waals surface area contributed by atoms with E-state index in [1.807, 2.05) is 49.2 Å². The molecule has 2 saturated heterocycles. The van der Waals surface area contributed by atoms with Gasteiger partial charge in [-0.25, -0.2) is 12.7 Å². The van der Waals surface area contributed by atoms with Crippen molar-refractivity contribution in [2.75, 3.05) is 25.9 Å². The van der Waals surface area contributed by atoms with Crippen LogP contribution in [0.4, 0.5) is 0 Å². The van der Waals surface area contributed by atoms with Gasteiger partial charge in [-0.1, -0.05) is 37.3 Å². The van der Waals surface area contributed by atoms with E-state index in [0.717, 1.165) is 24.8 Å². The van der Waals surface area contributed by atoms with E-state index >= 15 is 0 Å². The summed E-state index contributed by atoms with van der Waals surface area (Å²) >= 11 is 0. The summed E-state index contributed by atoms with van der Waals surface area (Å²) in [6, 6.07) is 9.91. The molecule has 0 radical (unpaired) electrons. The smallest absolute Gasteiger partial charge is 0.230 e. The SMILES string of the molecule is CCCS(=O)(=O)N1CCC2(CC1)C[C@@H](c1ccccc1)C(=O)N2C. The molecule has 0 saturated carbocycles. The lowest BCUT2D eigenvalue weighted by Gasteiger charge is -2.43. The van der Waals surface area contributed by atoms with Gasteiger partial charge in [-0.3, -0.25) is 4.79 Å². The molecule has 1 spiro atoms. The highest BCUT2D eigenvalue weighted by Crippen LogP contribution is 2.45. The molecule has 1 atom stereocenters. The third-order valence-corrected chi connectivity index (χ3v) is 7.71. The molecule has 24 heavy (non-hydrogen) atoms. The van der Waals surface area contributed by atoms with Gasteiger partial charge in [0.15, 0.2) is 0 Å². The van der Waals surface area contributed by atoms with E-state index in [-0.39, 0.29) is 23.1 Å². The van der Waals surface area contributed by atoms with Crippen molar-refractivity contribution in [3.05, 3.63) is 35.9 Å². The molecule has 132 valence electrons. The van der Waals surface area contributed by atoms with Crippen molar-refractivity contribution >= 4 is 15.9 Å². The fourth-order valence-corrected chi connectivity index (χ4v) is 5.64. The van der Waals surface area contributed by atoms with E-state index in [0.29, 0.717) is 19.5 Å². The molecule has 3 rings (SSSR count). The molecular formula is C18H26N2O3S. The van der Waals surface area contributed by atoms with Crippen LogP contribution in [0.3, 0.4) is 0 Å². The molecule has 1 amide bonds. The van der Waals surface area contributed by atoms with Crippen molar-refractivity contribution in [2.45, 2.75) is 44.1 Å². The van der Waals surface area contributed by atoms with Crippen molar-refractivity contribution in [1.29, 1.82) is 0 Å². The van der Waals surface area contributed by atoms with E-state index in [4.69, 9.17) is 0 Å². The van der Waals surface area contributed by atoms with Gasteiger partial charge in [0.25, 0.3) is 0 Å². The summed E-state index contributed by atoms with van der Waals surface area (Å²) in [5.41, 5.74) is 0.864. The summed E-state index contributed by atoms with van der Waals surface area (Å²) in [6.45, 7) is 2.92. The fourth-order valence-electron chi connectivity index (χ4n) is 4.12. The highest BCUT2D eigenvalue weighted by molar-refractivity contribution is 7.89. The largest absolute Gasteiger partial charge is 0.339 e. The van der Waals surface area contributed by atoms with Crippen LogP contribution in [0.25, 0.3) is 0 Å². The summed E-state index contributed by atoms with van der Waals surface area (Å²) in [7, 11) is -1.27. The van der Waals surface area contributed by atoms with E-state index < -0.39 is 10.0 Å². The Hall–Kier alpha value is -1.40. The number of hydrogen-bond donors (Lipinski definition) is 0. The Balaban J connectivity index is 1.75. The lowest BCUT2D eigenvalue weighted by atomic mass is 9.82. The van der Waals surface area contributed by atoms with E-state index in [1.54, 1.807) is 4.31 Å². The van der Waals surface area contributed by atoms with Gasteiger partial charge in [0, 0.05) is 25.7 Å². The van der Waals surface area contributed by atoms with Gasteiger partial charge in [-0.2, -0.15) is 0 Å². The van der Waals surface area contributed by atoms with Crippen LogP contribution in [-0.4, -0.2) is 55.0 Å². The number of carbonyl (C=O) groups is 1. The predicted molar refractivity (Wildman–Crippen MR) is 94.2 cm³/mol. The summed E-state index contributed by atoms with van der Waals surface area (Å²) in [4.78, 5) is 14.6. The number of amides is 1. The molecule has 0 aromatic heterocycles. The minimum Gasteiger partial charge on any atom is -0.339 e. The maximum Gasteiger partial charge on any atom is 0.230 e. The molecule has 5 nitrogen and oxygen atoms in total. The predicted octanol–water partition coefficient (Wildman–Crippen LogP) is 2.21. The third-order valence-electron chi connectivity index (χ3n) is 5.63. The van der Waals surface area contributed by atoms with Crippen molar-refractivity contribution in [3.8, 4) is 0 Å². The lowest BCUT2D eigenvalue weighted by Crippen LogP contribution is -2.53. The number of rotatable bonds is 4. The van der Waals surface area contributed by atoms with E-state index in [9.17, 15) is 13.2 Å². The van der Waals surface area contributed by atoms with Crippen molar-refractivity contribution in [2.24, 2.45) is 0 Å². The zero-order valence-corrected chi connectivity index (χ0v) is 15.3. The summed E-state index contributed by atoms with van der Waals surface area (Å²) in [5.74, 6) is 0.266. The number of likely N-dealkylation sites (tertiary alicyclic amines) is 1. The zero-order chi connectivity index (χ0) is 17.4. The van der Waals surface area contributed by atoms with Crippen LogP contribution in [0, 0.1) is 0 Å². The van der Waals surface area contributed by atoms with Gasteiger partial charge in [0.05, 0.1) is 11.7 Å². The number of sulfonamides is 1. The Morgan fingerprint density at radius 3 is 2.38 bits per heavy atom. The van der Waals surface area contributed by atoms with Gasteiger partial charge in [-0.15, -0.1) is 0 Å². The second-order valence-corrected chi connectivity index (χ2v) is 9.09. The van der Waals surface area contributed by atoms with Crippen LogP contribution in [-0.2, 0) is 14.8 Å². The van der Waals surface area contributed by atoms with Crippen molar-refractivity contribution < 1.29 is 13.2 Å². The maximum absolute atomic E-state index is 12.8. The first kappa shape index (κ1) is 17.4. The van der Waals surface area contributed by atoms with Crippen molar-refractivity contribution in [1.82, 2.24) is 9.21 Å². The average Bonchev–Trinajstić information content (AvgIpc) is 2.82. The van der Waals surface area contributed by atoms with Crippen LogP contribution in [0.5, 0.6) is 0 Å². The highest BCUT2D eigenvalue weighted by Gasteiger charge is 2.51. The van der Waals surface area contributed by atoms with Gasteiger partial charge >= 0.3 is 0 Å². The standard InChI is InChI=1S/C18H26N2O3S/c1-3-13-24(22,23)20-11-9-18(10-12-20)14-16(17(21)19(18)2)15-7-5-4-6-8-15/h4-8,16H,3,9-14H2,1-2H3/t16-/m0/s1. The lowest BCUT2D eigenvalue weighted by molar-refractivity contribution is -0.131. The second kappa shape index (κ2) is 6.48. The van der Waals surface area contributed by atoms with E-state index in [2.05, 4.69) is 0 Å². The Morgan fingerprint density at radius 2 is 1.79 bits per heavy atom. The summed E-state index contributed by atoms with van der Waals surface area (Å²) in [5, 5.41) is 0. The van der Waals surface area contributed by atoms with Gasteiger partial charge in [0.2, 0.25) is 15.9 Å². The van der Waals surface area contributed by atoms with Crippen LogP contribution in [0.2, 0.25) is 0 Å². The first-order valence-electron chi connectivity index (χ1n) is 8.70. The number of piperidine rings is 1. The molecule has 0 bridgehead atoms. The van der Waals surface area contributed by atoms with Crippen LogP contribution >= 0.6 is 0 Å². The van der Waals surface area contributed by atoms with Crippen LogP contribution in [0.15, 0.2) is 30.3 Å². The first-order valence-corrected chi connectivity index (χ1v) is 10.3. The minimum absolute atomic E-state index is 0.102. The number of nitrogens with zero attached hydrogens (tertiary/aromatic N) is 2. The van der Waals surface area contributed by atoms with Gasteiger partial charge in [-0.05, 0) is 31.2 Å². The second-order valence-electron chi connectivity index (χ2n) is 7.00. The Kier molecular flexibility index (Phi) is 4.71. The number of hydrogen-bond acceptors (Lipinski definition) is 3. The molecule has 0 N–H and O–H groups in total. The van der Waals surface area contributed by atoms with E-state index in [1.165, 1.54) is 0 Å². The monoisotopic (exact) mass is 350 g/mol. The zero-order valence-electron chi connectivity index (χ0n) is 14.4. The average molecular weight is 350 g/mol. The quantitative estimate of drug-likeness (QED) is 0.836. The normalized spacial score (nSPS) is 24.7. The molecule has 0 unspecified atom stereocenters. The summed E-state index contributed by atoms with van der Waals surface area (Å²) in [6.07, 6.45) is 2.87. The van der Waals surface area contributed by atoms with Gasteiger partial charge in [0.1, 0.15) is 0 Å². The van der Waals surface area contributed by atoms with Crippen LogP contribution < -0.4 is 0 Å².